The quantitative estimate of drug-likeness (QED) is 0.652. The lowest BCUT2D eigenvalue weighted by molar-refractivity contribution is 0.0898. The highest BCUT2D eigenvalue weighted by Gasteiger charge is 2.14. The van der Waals surface area contributed by atoms with Gasteiger partial charge >= 0.3 is 0 Å². The third-order valence-electron chi connectivity index (χ3n) is 3.58. The molecule has 4 nitrogen and oxygen atoms in total. The SMILES string of the molecule is Bc1cc(C(C)O)c2ncn(COCC[Si](C)(C)C)c2c1. The molecule has 2 rings (SSSR count). The van der Waals surface area contributed by atoms with Crippen LogP contribution in [0.5, 0.6) is 0 Å². The van der Waals surface area contributed by atoms with Crippen LogP contribution in [0.1, 0.15) is 18.6 Å². The van der Waals surface area contributed by atoms with Gasteiger partial charge < -0.3 is 14.4 Å². The van der Waals surface area contributed by atoms with Crippen LogP contribution in [0.3, 0.4) is 0 Å². The van der Waals surface area contributed by atoms with Crippen LogP contribution in [0.15, 0.2) is 18.5 Å². The molecule has 0 saturated carbocycles. The monoisotopic (exact) mass is 304 g/mol. The third kappa shape index (κ3) is 4.18. The van der Waals surface area contributed by atoms with Crippen molar-refractivity contribution in [2.75, 3.05) is 6.61 Å². The van der Waals surface area contributed by atoms with E-state index in [0.29, 0.717) is 6.73 Å². The summed E-state index contributed by atoms with van der Waals surface area (Å²) in [6.45, 7) is 10.1. The minimum atomic E-state index is -1.05. The molecule has 1 unspecified atom stereocenters. The second-order valence-corrected chi connectivity index (χ2v) is 12.6. The molecule has 0 spiro atoms. The number of ether oxygens (including phenoxy) is 1. The van der Waals surface area contributed by atoms with Crippen molar-refractivity contribution in [3.63, 3.8) is 0 Å². The Hall–Kier alpha value is -1.11. The molecule has 6 heteroatoms. The van der Waals surface area contributed by atoms with Gasteiger partial charge in [0.05, 0.1) is 23.5 Å². The lowest BCUT2D eigenvalue weighted by atomic mass is 9.92. The van der Waals surface area contributed by atoms with Crippen LogP contribution in [0.4, 0.5) is 0 Å². The number of rotatable bonds is 6. The summed E-state index contributed by atoms with van der Waals surface area (Å²) in [5, 5.41) is 9.88. The van der Waals surface area contributed by atoms with Crippen LogP contribution in [-0.4, -0.2) is 37.2 Å². The van der Waals surface area contributed by atoms with Gasteiger partial charge in [0.1, 0.15) is 14.6 Å². The number of hydrogen-bond donors (Lipinski definition) is 1. The summed E-state index contributed by atoms with van der Waals surface area (Å²) in [7, 11) is 0.988. The van der Waals surface area contributed by atoms with E-state index >= 15 is 0 Å². The van der Waals surface area contributed by atoms with Crippen LogP contribution in [0.2, 0.25) is 25.7 Å². The summed E-state index contributed by atoms with van der Waals surface area (Å²) in [5.41, 5.74) is 3.90. The van der Waals surface area contributed by atoms with Crippen molar-refractivity contribution in [3.8, 4) is 0 Å². The molecule has 1 aromatic heterocycles. The van der Waals surface area contributed by atoms with Gasteiger partial charge in [0.2, 0.25) is 0 Å². The van der Waals surface area contributed by atoms with Crippen molar-refractivity contribution in [1.29, 1.82) is 0 Å². The Morgan fingerprint density at radius 1 is 1.38 bits per heavy atom. The first-order valence-electron chi connectivity index (χ1n) is 7.49. The van der Waals surface area contributed by atoms with E-state index in [1.54, 1.807) is 13.3 Å². The zero-order valence-electron chi connectivity index (χ0n) is 13.7. The van der Waals surface area contributed by atoms with Crippen LogP contribution in [0, 0.1) is 0 Å². The lowest BCUT2D eigenvalue weighted by Crippen LogP contribution is -2.22. The Kier molecular flexibility index (Phi) is 4.91. The zero-order chi connectivity index (χ0) is 15.6. The fourth-order valence-electron chi connectivity index (χ4n) is 2.30. The highest BCUT2D eigenvalue weighted by molar-refractivity contribution is 6.76. The molecule has 0 aliphatic carbocycles. The number of imidazole rings is 1. The summed E-state index contributed by atoms with van der Waals surface area (Å²) in [6.07, 6.45) is 1.29. The maximum absolute atomic E-state index is 9.88. The Labute approximate surface area is 128 Å². The predicted octanol–water partition coefficient (Wildman–Crippen LogP) is 1.66. The summed E-state index contributed by atoms with van der Waals surface area (Å²) in [5.74, 6) is 0. The molecule has 0 saturated heterocycles. The van der Waals surface area contributed by atoms with Crippen molar-refractivity contribution in [2.24, 2.45) is 0 Å². The van der Waals surface area contributed by atoms with Crippen LogP contribution in [-0.2, 0) is 11.5 Å². The average molecular weight is 304 g/mol. The average Bonchev–Trinajstić information content (AvgIpc) is 2.75. The van der Waals surface area contributed by atoms with Crippen molar-refractivity contribution in [2.45, 2.75) is 45.4 Å². The second-order valence-electron chi connectivity index (χ2n) is 6.96. The van der Waals surface area contributed by atoms with Gasteiger partial charge in [-0.1, -0.05) is 31.2 Å². The molecule has 21 heavy (non-hydrogen) atoms. The summed E-state index contributed by atoms with van der Waals surface area (Å²) < 4.78 is 7.81. The number of aliphatic hydroxyl groups is 1. The number of aromatic nitrogens is 2. The molecular formula is C15H25BN2O2Si. The van der Waals surface area contributed by atoms with E-state index in [1.807, 2.05) is 18.5 Å². The van der Waals surface area contributed by atoms with E-state index < -0.39 is 14.2 Å². The summed E-state index contributed by atoms with van der Waals surface area (Å²) in [6, 6.07) is 5.25. The number of fused-ring (bicyclic) bond motifs is 1. The molecule has 0 fully saturated rings. The molecule has 0 aliphatic heterocycles. The van der Waals surface area contributed by atoms with E-state index in [2.05, 4.69) is 30.7 Å². The first-order valence-corrected chi connectivity index (χ1v) is 11.2. The minimum absolute atomic E-state index is 0.511. The Morgan fingerprint density at radius 2 is 2.10 bits per heavy atom. The van der Waals surface area contributed by atoms with E-state index in [9.17, 15) is 5.11 Å². The molecule has 0 radical (unpaired) electrons. The smallest absolute Gasteiger partial charge is 0.139 e. The standard InChI is InChI=1S/C15H25BN2O2Si/c1-11(19)13-7-12(16)8-14-15(13)17-9-18(14)10-20-5-6-21(2,3)4/h7-9,11,19H,5-6,10,16H2,1-4H3. The molecular weight excluding hydrogens is 279 g/mol. The van der Waals surface area contributed by atoms with Crippen molar-refractivity contribution in [3.05, 3.63) is 24.0 Å². The van der Waals surface area contributed by atoms with Gasteiger partial charge in [-0.3, -0.25) is 0 Å². The van der Waals surface area contributed by atoms with Crippen molar-refractivity contribution >= 4 is 32.4 Å². The summed E-state index contributed by atoms with van der Waals surface area (Å²) >= 11 is 0. The molecule has 0 bridgehead atoms. The Morgan fingerprint density at radius 3 is 2.71 bits per heavy atom. The van der Waals surface area contributed by atoms with E-state index in [1.165, 1.54) is 0 Å². The zero-order valence-corrected chi connectivity index (χ0v) is 14.7. The van der Waals surface area contributed by atoms with Crippen molar-refractivity contribution in [1.82, 2.24) is 9.55 Å². The largest absolute Gasteiger partial charge is 0.389 e. The Bertz CT molecular complexity index is 620. The Balaban J connectivity index is 2.15. The summed E-state index contributed by atoms with van der Waals surface area (Å²) in [4.78, 5) is 4.44. The van der Waals surface area contributed by atoms with Crippen LogP contribution in [0.25, 0.3) is 11.0 Å². The maximum atomic E-state index is 9.88. The lowest BCUT2D eigenvalue weighted by Gasteiger charge is -2.15. The number of nitrogens with zero attached hydrogens (tertiary/aromatic N) is 2. The topological polar surface area (TPSA) is 47.3 Å². The predicted molar refractivity (Wildman–Crippen MR) is 92.6 cm³/mol. The van der Waals surface area contributed by atoms with Gasteiger partial charge in [0, 0.05) is 20.2 Å². The maximum Gasteiger partial charge on any atom is 0.139 e. The van der Waals surface area contributed by atoms with Gasteiger partial charge in [-0.05, 0) is 19.0 Å². The number of benzene rings is 1. The molecule has 1 atom stereocenters. The van der Waals surface area contributed by atoms with E-state index in [4.69, 9.17) is 4.74 Å². The van der Waals surface area contributed by atoms with E-state index in [-0.39, 0.29) is 0 Å². The molecule has 2 aromatic rings. The van der Waals surface area contributed by atoms with Gasteiger partial charge in [-0.15, -0.1) is 0 Å². The normalized spacial score (nSPS) is 13.8. The van der Waals surface area contributed by atoms with Crippen molar-refractivity contribution < 1.29 is 9.84 Å². The van der Waals surface area contributed by atoms with Gasteiger partial charge in [0.15, 0.2) is 0 Å². The van der Waals surface area contributed by atoms with Crippen LogP contribution >= 0.6 is 0 Å². The fraction of sp³-hybridized carbons (Fsp3) is 0.533. The number of aliphatic hydroxyl groups excluding tert-OH is 1. The van der Waals surface area contributed by atoms with Crippen LogP contribution < -0.4 is 5.46 Å². The first kappa shape index (κ1) is 16.3. The van der Waals surface area contributed by atoms with Gasteiger partial charge in [-0.2, -0.15) is 0 Å². The molecule has 1 N–H and O–H groups in total. The molecule has 1 heterocycles. The third-order valence-corrected chi connectivity index (χ3v) is 5.28. The minimum Gasteiger partial charge on any atom is -0.389 e. The molecule has 0 amide bonds. The second kappa shape index (κ2) is 6.34. The fourth-order valence-corrected chi connectivity index (χ4v) is 3.06. The number of hydrogen-bond acceptors (Lipinski definition) is 3. The molecule has 0 aliphatic rings. The molecule has 114 valence electrons. The molecule has 1 aromatic carbocycles. The van der Waals surface area contributed by atoms with E-state index in [0.717, 1.165) is 34.7 Å². The first-order chi connectivity index (χ1) is 9.78. The highest BCUT2D eigenvalue weighted by Crippen LogP contribution is 2.22. The highest BCUT2D eigenvalue weighted by atomic mass is 28.3. The van der Waals surface area contributed by atoms with Gasteiger partial charge in [0.25, 0.3) is 0 Å². The van der Waals surface area contributed by atoms with Gasteiger partial charge in [-0.25, -0.2) is 4.98 Å².